The molecule has 3 nitrogen and oxygen atoms in total. The monoisotopic (exact) mass is 283 g/mol. The molecule has 0 spiro atoms. The smallest absolute Gasteiger partial charge is 0.137 e. The van der Waals surface area contributed by atoms with Gasteiger partial charge in [0.1, 0.15) is 5.65 Å². The third-order valence-electron chi connectivity index (χ3n) is 6.17. The number of nitrogens with one attached hydrogen (secondary N) is 1. The van der Waals surface area contributed by atoms with Gasteiger partial charge in [0.05, 0.1) is 5.69 Å². The third-order valence-corrected chi connectivity index (χ3v) is 6.17. The van der Waals surface area contributed by atoms with Crippen LogP contribution < -0.4 is 5.32 Å². The number of aromatic nitrogens is 2. The van der Waals surface area contributed by atoms with Gasteiger partial charge in [-0.3, -0.25) is 0 Å². The predicted octanol–water partition coefficient (Wildman–Crippen LogP) is 3.64. The topological polar surface area (TPSA) is 29.3 Å². The van der Waals surface area contributed by atoms with E-state index in [1.165, 1.54) is 19.3 Å². The highest BCUT2D eigenvalue weighted by Gasteiger charge is 2.58. The Morgan fingerprint density at radius 1 is 1.33 bits per heavy atom. The molecule has 2 aromatic rings. The van der Waals surface area contributed by atoms with Gasteiger partial charge in [0.15, 0.2) is 0 Å². The highest BCUT2D eigenvalue weighted by Crippen LogP contribution is 2.62. The van der Waals surface area contributed by atoms with Gasteiger partial charge in [-0.2, -0.15) is 0 Å². The molecule has 21 heavy (non-hydrogen) atoms. The van der Waals surface area contributed by atoms with Crippen molar-refractivity contribution < 1.29 is 0 Å². The molecule has 1 N–H and O–H groups in total. The van der Waals surface area contributed by atoms with E-state index in [0.717, 1.165) is 23.8 Å². The second kappa shape index (κ2) is 4.33. The zero-order valence-corrected chi connectivity index (χ0v) is 13.3. The maximum Gasteiger partial charge on any atom is 0.137 e. The van der Waals surface area contributed by atoms with Crippen molar-refractivity contribution in [3.63, 3.8) is 0 Å². The van der Waals surface area contributed by atoms with Crippen molar-refractivity contribution in [1.29, 1.82) is 0 Å². The molecule has 0 saturated heterocycles. The molecule has 0 radical (unpaired) electrons. The number of rotatable bonds is 3. The first-order valence-corrected chi connectivity index (χ1v) is 8.15. The maximum atomic E-state index is 4.71. The largest absolute Gasteiger partial charge is 0.307 e. The highest BCUT2D eigenvalue weighted by molar-refractivity contribution is 5.39. The molecule has 3 unspecified atom stereocenters. The van der Waals surface area contributed by atoms with E-state index >= 15 is 0 Å². The number of fused-ring (bicyclic) bond motifs is 3. The normalized spacial score (nSPS) is 33.9. The van der Waals surface area contributed by atoms with Crippen molar-refractivity contribution in [2.45, 2.75) is 52.6 Å². The van der Waals surface area contributed by atoms with E-state index in [4.69, 9.17) is 4.98 Å². The standard InChI is InChI=1S/C18H25N3/c1-17(2)13-7-8-18(3,10-13)16(17)19-11-14-12-21-9-5-4-6-15(21)20-14/h4-6,9,12-13,16,19H,7-8,10-11H2,1-3H3. The van der Waals surface area contributed by atoms with Crippen LogP contribution in [0.15, 0.2) is 30.6 Å². The van der Waals surface area contributed by atoms with Gasteiger partial charge in [0.25, 0.3) is 0 Å². The van der Waals surface area contributed by atoms with Crippen LogP contribution in [0.1, 0.15) is 45.7 Å². The van der Waals surface area contributed by atoms with Gasteiger partial charge in [-0.05, 0) is 48.1 Å². The zero-order valence-electron chi connectivity index (χ0n) is 13.3. The highest BCUT2D eigenvalue weighted by atomic mass is 15.0. The molecule has 112 valence electrons. The summed E-state index contributed by atoms with van der Waals surface area (Å²) < 4.78 is 2.10. The Morgan fingerprint density at radius 2 is 2.19 bits per heavy atom. The first kappa shape index (κ1) is 13.3. The molecule has 2 aromatic heterocycles. The van der Waals surface area contributed by atoms with Crippen molar-refractivity contribution in [3.8, 4) is 0 Å². The van der Waals surface area contributed by atoms with E-state index in [1.807, 2.05) is 12.1 Å². The molecule has 0 aliphatic heterocycles. The third kappa shape index (κ3) is 1.94. The molecular formula is C18H25N3. The summed E-state index contributed by atoms with van der Waals surface area (Å²) in [5, 5.41) is 3.85. The fraction of sp³-hybridized carbons (Fsp3) is 0.611. The Balaban J connectivity index is 1.54. The maximum absolute atomic E-state index is 4.71. The SMILES string of the molecule is CC12CCC(C1)C(C)(C)C2NCc1cn2ccccc2n1. The average molecular weight is 283 g/mol. The van der Waals surface area contributed by atoms with Gasteiger partial charge in [-0.1, -0.05) is 26.8 Å². The molecule has 2 aliphatic rings. The first-order valence-electron chi connectivity index (χ1n) is 8.15. The van der Waals surface area contributed by atoms with Crippen molar-refractivity contribution in [2.75, 3.05) is 0 Å². The van der Waals surface area contributed by atoms with Crippen molar-refractivity contribution >= 4 is 5.65 Å². The summed E-state index contributed by atoms with van der Waals surface area (Å²) in [4.78, 5) is 4.71. The minimum Gasteiger partial charge on any atom is -0.307 e. The van der Waals surface area contributed by atoms with Gasteiger partial charge >= 0.3 is 0 Å². The number of hydrogen-bond acceptors (Lipinski definition) is 2. The Labute approximate surface area is 126 Å². The van der Waals surface area contributed by atoms with E-state index in [9.17, 15) is 0 Å². The molecule has 2 saturated carbocycles. The summed E-state index contributed by atoms with van der Waals surface area (Å²) in [6, 6.07) is 6.76. The van der Waals surface area contributed by atoms with Crippen molar-refractivity contribution in [3.05, 3.63) is 36.3 Å². The van der Waals surface area contributed by atoms with Crippen LogP contribution in [-0.4, -0.2) is 15.4 Å². The number of imidazole rings is 1. The van der Waals surface area contributed by atoms with Crippen LogP contribution in [0.4, 0.5) is 0 Å². The molecule has 0 amide bonds. The number of hydrogen-bond donors (Lipinski definition) is 1. The summed E-state index contributed by atoms with van der Waals surface area (Å²) in [5.74, 6) is 0.890. The Kier molecular flexibility index (Phi) is 2.74. The first-order chi connectivity index (χ1) is 9.99. The molecular weight excluding hydrogens is 258 g/mol. The average Bonchev–Trinajstić information content (AvgIpc) is 3.06. The lowest BCUT2D eigenvalue weighted by Gasteiger charge is -2.43. The van der Waals surface area contributed by atoms with E-state index in [-0.39, 0.29) is 0 Å². The van der Waals surface area contributed by atoms with Crippen LogP contribution in [-0.2, 0) is 6.54 Å². The van der Waals surface area contributed by atoms with Crippen LogP contribution in [0.25, 0.3) is 5.65 Å². The van der Waals surface area contributed by atoms with Crippen LogP contribution in [0.5, 0.6) is 0 Å². The van der Waals surface area contributed by atoms with Gasteiger partial charge < -0.3 is 9.72 Å². The van der Waals surface area contributed by atoms with Crippen molar-refractivity contribution in [2.24, 2.45) is 16.7 Å². The zero-order chi connectivity index (χ0) is 14.7. The molecule has 3 atom stereocenters. The molecule has 4 rings (SSSR count). The van der Waals surface area contributed by atoms with Crippen LogP contribution in [0.3, 0.4) is 0 Å². The molecule has 2 fully saturated rings. The van der Waals surface area contributed by atoms with Gasteiger partial charge in [0.2, 0.25) is 0 Å². The fourth-order valence-electron chi connectivity index (χ4n) is 5.09. The molecule has 2 aliphatic carbocycles. The number of pyridine rings is 1. The summed E-state index contributed by atoms with van der Waals surface area (Å²) in [5.41, 5.74) is 3.07. The number of nitrogens with zero attached hydrogens (tertiary/aromatic N) is 2. The molecule has 2 heterocycles. The van der Waals surface area contributed by atoms with Gasteiger partial charge in [-0.15, -0.1) is 0 Å². The molecule has 2 bridgehead atoms. The van der Waals surface area contributed by atoms with Crippen LogP contribution >= 0.6 is 0 Å². The minimum absolute atomic E-state index is 0.409. The van der Waals surface area contributed by atoms with Gasteiger partial charge in [0, 0.05) is 25.0 Å². The Bertz CT molecular complexity index is 634. The minimum atomic E-state index is 0.409. The lowest BCUT2D eigenvalue weighted by Crippen LogP contribution is -2.49. The van der Waals surface area contributed by atoms with Crippen LogP contribution in [0, 0.1) is 16.7 Å². The van der Waals surface area contributed by atoms with E-state index in [2.05, 4.69) is 48.9 Å². The summed E-state index contributed by atoms with van der Waals surface area (Å²) in [7, 11) is 0. The predicted molar refractivity (Wildman–Crippen MR) is 85.0 cm³/mol. The second-order valence-corrected chi connectivity index (χ2v) is 7.93. The quantitative estimate of drug-likeness (QED) is 0.932. The lowest BCUT2D eigenvalue weighted by molar-refractivity contribution is 0.108. The Morgan fingerprint density at radius 3 is 2.90 bits per heavy atom. The van der Waals surface area contributed by atoms with Crippen LogP contribution in [0.2, 0.25) is 0 Å². The lowest BCUT2D eigenvalue weighted by atomic mass is 9.68. The Hall–Kier alpha value is -1.35. The summed E-state index contributed by atoms with van der Waals surface area (Å²) >= 11 is 0. The van der Waals surface area contributed by atoms with Gasteiger partial charge in [-0.25, -0.2) is 4.98 Å². The van der Waals surface area contributed by atoms with E-state index in [0.29, 0.717) is 16.9 Å². The second-order valence-electron chi connectivity index (χ2n) is 7.93. The fourth-order valence-corrected chi connectivity index (χ4v) is 5.09. The summed E-state index contributed by atoms with van der Waals surface area (Å²) in [6.45, 7) is 8.24. The molecule has 3 heteroatoms. The van der Waals surface area contributed by atoms with E-state index in [1.54, 1.807) is 0 Å². The summed E-state index contributed by atoms with van der Waals surface area (Å²) in [6.07, 6.45) is 8.39. The van der Waals surface area contributed by atoms with E-state index < -0.39 is 0 Å². The molecule has 0 aromatic carbocycles. The van der Waals surface area contributed by atoms with Crippen molar-refractivity contribution in [1.82, 2.24) is 14.7 Å².